The van der Waals surface area contributed by atoms with Crippen LogP contribution in [0.25, 0.3) is 0 Å². The van der Waals surface area contributed by atoms with Crippen LogP contribution in [0.15, 0.2) is 41.8 Å². The number of piperazine rings is 1. The van der Waals surface area contributed by atoms with Crippen molar-refractivity contribution in [2.24, 2.45) is 0 Å². The Labute approximate surface area is 154 Å². The molecule has 136 valence electrons. The standard InChI is InChI=1S/C18H18FN3O3S/c19-14-5-3-13(4-6-14)17(24)20-12-16(23)21-7-9-22(10-8-21)18(25)15-2-1-11-26-15/h1-6,11H,7-10,12H2,(H,20,24). The second-order valence-corrected chi connectivity index (χ2v) is 6.79. The van der Waals surface area contributed by atoms with Gasteiger partial charge in [-0.25, -0.2) is 4.39 Å². The van der Waals surface area contributed by atoms with Gasteiger partial charge in [-0.05, 0) is 35.7 Å². The van der Waals surface area contributed by atoms with E-state index in [0.29, 0.717) is 36.6 Å². The first-order valence-electron chi connectivity index (χ1n) is 8.19. The van der Waals surface area contributed by atoms with Crippen molar-refractivity contribution in [3.8, 4) is 0 Å². The van der Waals surface area contributed by atoms with Crippen LogP contribution in [-0.4, -0.2) is 60.2 Å². The molecule has 1 N–H and O–H groups in total. The highest BCUT2D eigenvalue weighted by atomic mass is 32.1. The van der Waals surface area contributed by atoms with E-state index in [2.05, 4.69) is 5.32 Å². The van der Waals surface area contributed by atoms with Crippen molar-refractivity contribution in [1.82, 2.24) is 15.1 Å². The maximum atomic E-state index is 12.9. The molecule has 3 amide bonds. The van der Waals surface area contributed by atoms with Gasteiger partial charge in [0.2, 0.25) is 5.91 Å². The largest absolute Gasteiger partial charge is 0.343 e. The Hall–Kier alpha value is -2.74. The summed E-state index contributed by atoms with van der Waals surface area (Å²) < 4.78 is 12.9. The fourth-order valence-electron chi connectivity index (χ4n) is 2.69. The number of carbonyl (C=O) groups excluding carboxylic acids is 3. The van der Waals surface area contributed by atoms with Crippen LogP contribution in [0.1, 0.15) is 20.0 Å². The van der Waals surface area contributed by atoms with E-state index in [0.717, 1.165) is 0 Å². The topological polar surface area (TPSA) is 69.7 Å². The van der Waals surface area contributed by atoms with Crippen LogP contribution in [0.3, 0.4) is 0 Å². The monoisotopic (exact) mass is 375 g/mol. The number of carbonyl (C=O) groups is 3. The molecule has 0 spiro atoms. The molecule has 6 nitrogen and oxygen atoms in total. The normalized spacial score (nSPS) is 14.2. The molecule has 2 aromatic rings. The second-order valence-electron chi connectivity index (χ2n) is 5.84. The van der Waals surface area contributed by atoms with Crippen LogP contribution < -0.4 is 5.32 Å². The summed E-state index contributed by atoms with van der Waals surface area (Å²) in [5.74, 6) is -1.07. The molecular weight excluding hydrogens is 357 g/mol. The lowest BCUT2D eigenvalue weighted by molar-refractivity contribution is -0.131. The number of benzene rings is 1. The Balaban J connectivity index is 1.45. The van der Waals surface area contributed by atoms with Gasteiger partial charge in [0.1, 0.15) is 5.82 Å². The van der Waals surface area contributed by atoms with E-state index in [1.807, 2.05) is 11.4 Å². The van der Waals surface area contributed by atoms with E-state index < -0.39 is 11.7 Å². The molecule has 0 aliphatic carbocycles. The highest BCUT2D eigenvalue weighted by Crippen LogP contribution is 2.14. The lowest BCUT2D eigenvalue weighted by atomic mass is 10.2. The fraction of sp³-hybridized carbons (Fsp3) is 0.278. The van der Waals surface area contributed by atoms with Gasteiger partial charge in [-0.15, -0.1) is 11.3 Å². The molecular formula is C18H18FN3O3S. The molecule has 8 heteroatoms. The molecule has 26 heavy (non-hydrogen) atoms. The quantitative estimate of drug-likeness (QED) is 0.883. The predicted octanol–water partition coefficient (Wildman–Crippen LogP) is 1.60. The Bertz CT molecular complexity index is 785. The Morgan fingerprint density at radius 3 is 2.27 bits per heavy atom. The first-order valence-corrected chi connectivity index (χ1v) is 9.07. The summed E-state index contributed by atoms with van der Waals surface area (Å²) in [6, 6.07) is 8.74. The average Bonchev–Trinajstić information content (AvgIpc) is 3.20. The molecule has 0 bridgehead atoms. The number of rotatable bonds is 4. The van der Waals surface area contributed by atoms with Crippen molar-refractivity contribution >= 4 is 29.1 Å². The number of amides is 3. The molecule has 1 aliphatic rings. The van der Waals surface area contributed by atoms with Gasteiger partial charge in [0.25, 0.3) is 11.8 Å². The molecule has 1 aromatic heterocycles. The van der Waals surface area contributed by atoms with Crippen molar-refractivity contribution in [3.05, 3.63) is 58.0 Å². The van der Waals surface area contributed by atoms with Gasteiger partial charge < -0.3 is 15.1 Å². The molecule has 0 atom stereocenters. The number of nitrogens with one attached hydrogen (secondary N) is 1. The summed E-state index contributed by atoms with van der Waals surface area (Å²) in [7, 11) is 0. The minimum atomic E-state index is -0.426. The third-order valence-corrected chi connectivity index (χ3v) is 5.02. The Morgan fingerprint density at radius 2 is 1.65 bits per heavy atom. The predicted molar refractivity (Wildman–Crippen MR) is 95.5 cm³/mol. The molecule has 2 heterocycles. The zero-order chi connectivity index (χ0) is 18.5. The van der Waals surface area contributed by atoms with Gasteiger partial charge in [0, 0.05) is 31.7 Å². The molecule has 0 saturated carbocycles. The van der Waals surface area contributed by atoms with E-state index in [-0.39, 0.29) is 18.4 Å². The van der Waals surface area contributed by atoms with Crippen LogP contribution in [0.2, 0.25) is 0 Å². The Kier molecular flexibility index (Phi) is 5.62. The van der Waals surface area contributed by atoms with E-state index >= 15 is 0 Å². The molecule has 1 aliphatic heterocycles. The number of hydrogen-bond donors (Lipinski definition) is 1. The molecule has 1 fully saturated rings. The van der Waals surface area contributed by atoms with Crippen LogP contribution in [0.4, 0.5) is 4.39 Å². The van der Waals surface area contributed by atoms with Gasteiger partial charge in [0.15, 0.2) is 0 Å². The van der Waals surface area contributed by atoms with Gasteiger partial charge in [-0.2, -0.15) is 0 Å². The zero-order valence-corrected chi connectivity index (χ0v) is 14.8. The summed E-state index contributed by atoms with van der Waals surface area (Å²) in [5.41, 5.74) is 0.297. The third kappa shape index (κ3) is 4.26. The van der Waals surface area contributed by atoms with Crippen molar-refractivity contribution in [2.75, 3.05) is 32.7 Å². The molecule has 3 rings (SSSR count). The summed E-state index contributed by atoms with van der Waals surface area (Å²) in [6.45, 7) is 1.67. The Morgan fingerprint density at radius 1 is 1.00 bits per heavy atom. The SMILES string of the molecule is O=C(NCC(=O)N1CCN(C(=O)c2cccs2)CC1)c1ccc(F)cc1. The lowest BCUT2D eigenvalue weighted by Gasteiger charge is -2.34. The summed E-state index contributed by atoms with van der Waals surface area (Å²) in [6.07, 6.45) is 0. The van der Waals surface area contributed by atoms with E-state index in [1.54, 1.807) is 15.9 Å². The van der Waals surface area contributed by atoms with Gasteiger partial charge in [-0.3, -0.25) is 14.4 Å². The molecule has 1 saturated heterocycles. The van der Waals surface area contributed by atoms with Gasteiger partial charge in [0.05, 0.1) is 11.4 Å². The average molecular weight is 375 g/mol. The fourth-order valence-corrected chi connectivity index (χ4v) is 3.38. The maximum Gasteiger partial charge on any atom is 0.264 e. The van der Waals surface area contributed by atoms with E-state index in [1.165, 1.54) is 35.6 Å². The molecule has 1 aromatic carbocycles. The van der Waals surface area contributed by atoms with Crippen LogP contribution >= 0.6 is 11.3 Å². The first-order chi connectivity index (χ1) is 12.5. The van der Waals surface area contributed by atoms with E-state index in [9.17, 15) is 18.8 Å². The van der Waals surface area contributed by atoms with Gasteiger partial charge in [-0.1, -0.05) is 6.07 Å². The number of hydrogen-bond acceptors (Lipinski definition) is 4. The van der Waals surface area contributed by atoms with Crippen molar-refractivity contribution in [2.45, 2.75) is 0 Å². The minimum absolute atomic E-state index is 0.0169. The second kappa shape index (κ2) is 8.09. The summed E-state index contributed by atoms with van der Waals surface area (Å²) in [4.78, 5) is 40.5. The lowest BCUT2D eigenvalue weighted by Crippen LogP contribution is -2.52. The maximum absolute atomic E-state index is 12.9. The minimum Gasteiger partial charge on any atom is -0.343 e. The third-order valence-electron chi connectivity index (χ3n) is 4.16. The molecule has 0 unspecified atom stereocenters. The molecule has 0 radical (unpaired) electrons. The van der Waals surface area contributed by atoms with Crippen molar-refractivity contribution < 1.29 is 18.8 Å². The smallest absolute Gasteiger partial charge is 0.264 e. The van der Waals surface area contributed by atoms with E-state index in [4.69, 9.17) is 0 Å². The van der Waals surface area contributed by atoms with Crippen molar-refractivity contribution in [3.63, 3.8) is 0 Å². The highest BCUT2D eigenvalue weighted by Gasteiger charge is 2.25. The number of halogens is 1. The van der Waals surface area contributed by atoms with Crippen LogP contribution in [0, 0.1) is 5.82 Å². The summed E-state index contributed by atoms with van der Waals surface area (Å²) in [5, 5.41) is 4.40. The van der Waals surface area contributed by atoms with Crippen LogP contribution in [0.5, 0.6) is 0 Å². The number of nitrogens with zero attached hydrogens (tertiary/aromatic N) is 2. The van der Waals surface area contributed by atoms with Crippen molar-refractivity contribution in [1.29, 1.82) is 0 Å². The van der Waals surface area contributed by atoms with Crippen LogP contribution in [-0.2, 0) is 4.79 Å². The summed E-state index contributed by atoms with van der Waals surface area (Å²) >= 11 is 1.40. The highest BCUT2D eigenvalue weighted by molar-refractivity contribution is 7.12. The number of thiophene rings is 1. The zero-order valence-electron chi connectivity index (χ0n) is 14.0. The first kappa shape index (κ1) is 18.1. The van der Waals surface area contributed by atoms with Gasteiger partial charge >= 0.3 is 0 Å².